The van der Waals surface area contributed by atoms with Crippen LogP contribution in [0.4, 0.5) is 0 Å². The summed E-state index contributed by atoms with van der Waals surface area (Å²) in [7, 11) is 0. The van der Waals surface area contributed by atoms with E-state index in [0.717, 1.165) is 5.56 Å². The van der Waals surface area contributed by atoms with Crippen molar-refractivity contribution in [1.82, 2.24) is 0 Å². The maximum atomic E-state index is 11.5. The van der Waals surface area contributed by atoms with E-state index < -0.39 is 5.60 Å². The number of carbonyl (C=O) groups excluding carboxylic acids is 2. The van der Waals surface area contributed by atoms with Crippen LogP contribution in [0.2, 0.25) is 0 Å². The maximum absolute atomic E-state index is 11.5. The van der Waals surface area contributed by atoms with Gasteiger partial charge in [0.15, 0.2) is 5.78 Å². The molecule has 0 aliphatic carbocycles. The molecule has 0 radical (unpaired) electrons. The molecule has 3 heteroatoms. The zero-order valence-electron chi connectivity index (χ0n) is 10.3. The molecule has 92 valence electrons. The van der Waals surface area contributed by atoms with Gasteiger partial charge in [0.2, 0.25) is 0 Å². The lowest BCUT2D eigenvalue weighted by atomic mass is 9.86. The second-order valence-corrected chi connectivity index (χ2v) is 4.45. The van der Waals surface area contributed by atoms with Crippen LogP contribution < -0.4 is 0 Å². The van der Waals surface area contributed by atoms with Gasteiger partial charge in [-0.1, -0.05) is 30.3 Å². The molecular weight excluding hydrogens is 216 g/mol. The first kappa shape index (κ1) is 13.6. The molecule has 1 rings (SSSR count). The van der Waals surface area contributed by atoms with Crippen LogP contribution in [0.15, 0.2) is 30.3 Å². The Kier molecular flexibility index (Phi) is 4.58. The van der Waals surface area contributed by atoms with Gasteiger partial charge in [-0.2, -0.15) is 0 Å². The molecular formula is C14H18O3. The van der Waals surface area contributed by atoms with Gasteiger partial charge in [0.1, 0.15) is 11.4 Å². The Morgan fingerprint density at radius 3 is 2.24 bits per heavy atom. The fourth-order valence-electron chi connectivity index (χ4n) is 1.71. The number of Topliss-reactive ketones (excluding diaryl/α,β-unsaturated/α-hetero) is 2. The average Bonchev–Trinajstić information content (AvgIpc) is 2.27. The fraction of sp³-hybridized carbons (Fsp3) is 0.429. The summed E-state index contributed by atoms with van der Waals surface area (Å²) in [5.41, 5.74) is -0.527. The molecule has 0 aliphatic rings. The lowest BCUT2D eigenvalue weighted by molar-refractivity contribution is -0.136. The van der Waals surface area contributed by atoms with Crippen LogP contribution in [0.1, 0.15) is 32.3 Å². The van der Waals surface area contributed by atoms with E-state index in [-0.39, 0.29) is 30.8 Å². The van der Waals surface area contributed by atoms with Crippen molar-refractivity contribution in [2.75, 3.05) is 0 Å². The van der Waals surface area contributed by atoms with Crippen molar-refractivity contribution in [1.29, 1.82) is 0 Å². The Labute approximate surface area is 101 Å². The first-order valence-corrected chi connectivity index (χ1v) is 5.71. The SMILES string of the molecule is CC(=O)CCC(O)(Cc1ccccc1)C(C)=O. The largest absolute Gasteiger partial charge is 0.382 e. The number of hydrogen-bond donors (Lipinski definition) is 1. The summed E-state index contributed by atoms with van der Waals surface area (Å²) in [4.78, 5) is 22.5. The van der Waals surface area contributed by atoms with E-state index in [9.17, 15) is 14.7 Å². The second kappa shape index (κ2) is 5.73. The van der Waals surface area contributed by atoms with Crippen LogP contribution >= 0.6 is 0 Å². The molecule has 0 bridgehead atoms. The number of benzene rings is 1. The predicted octanol–water partition coefficient (Wildman–Crippen LogP) is 1.92. The van der Waals surface area contributed by atoms with Gasteiger partial charge in [0.05, 0.1) is 0 Å². The Bertz CT molecular complexity index is 397. The van der Waals surface area contributed by atoms with Crippen molar-refractivity contribution in [2.24, 2.45) is 0 Å². The minimum absolute atomic E-state index is 0.0160. The molecule has 1 aromatic rings. The van der Waals surface area contributed by atoms with Gasteiger partial charge in [-0.3, -0.25) is 4.79 Å². The number of rotatable bonds is 6. The fourth-order valence-corrected chi connectivity index (χ4v) is 1.71. The highest BCUT2D eigenvalue weighted by Crippen LogP contribution is 2.20. The highest BCUT2D eigenvalue weighted by Gasteiger charge is 2.32. The van der Waals surface area contributed by atoms with E-state index in [2.05, 4.69) is 0 Å². The summed E-state index contributed by atoms with van der Waals surface area (Å²) in [6.07, 6.45) is 0.673. The van der Waals surface area contributed by atoms with Crippen LogP contribution in [0, 0.1) is 0 Å². The molecule has 0 heterocycles. The Hall–Kier alpha value is -1.48. The summed E-state index contributed by atoms with van der Waals surface area (Å²) in [5.74, 6) is -0.305. The van der Waals surface area contributed by atoms with E-state index in [4.69, 9.17) is 0 Å². The van der Waals surface area contributed by atoms with Crippen molar-refractivity contribution < 1.29 is 14.7 Å². The third-order valence-corrected chi connectivity index (χ3v) is 2.89. The van der Waals surface area contributed by atoms with Gasteiger partial charge in [0, 0.05) is 12.8 Å². The van der Waals surface area contributed by atoms with Gasteiger partial charge in [0.25, 0.3) is 0 Å². The summed E-state index contributed by atoms with van der Waals surface area (Å²) in [6.45, 7) is 2.83. The van der Waals surface area contributed by atoms with Gasteiger partial charge < -0.3 is 9.90 Å². The monoisotopic (exact) mass is 234 g/mol. The third-order valence-electron chi connectivity index (χ3n) is 2.89. The van der Waals surface area contributed by atoms with Crippen LogP contribution in [0.3, 0.4) is 0 Å². The minimum atomic E-state index is -1.42. The third kappa shape index (κ3) is 4.11. The first-order chi connectivity index (χ1) is 7.94. The zero-order chi connectivity index (χ0) is 12.9. The summed E-state index contributed by atoms with van der Waals surface area (Å²) in [6, 6.07) is 9.33. The number of ketones is 2. The van der Waals surface area contributed by atoms with Crippen molar-refractivity contribution in [2.45, 2.75) is 38.7 Å². The summed E-state index contributed by atoms with van der Waals surface area (Å²) >= 11 is 0. The standard InChI is InChI=1S/C14H18O3/c1-11(15)8-9-14(17,12(2)16)10-13-6-4-3-5-7-13/h3-7,17H,8-10H2,1-2H3. The normalized spacial score (nSPS) is 14.1. The van der Waals surface area contributed by atoms with Crippen molar-refractivity contribution >= 4 is 11.6 Å². The maximum Gasteiger partial charge on any atom is 0.161 e. The van der Waals surface area contributed by atoms with Crippen LogP contribution in [-0.4, -0.2) is 22.3 Å². The van der Waals surface area contributed by atoms with Crippen LogP contribution in [-0.2, 0) is 16.0 Å². The Morgan fingerprint density at radius 2 is 1.76 bits per heavy atom. The van der Waals surface area contributed by atoms with Gasteiger partial charge in [-0.15, -0.1) is 0 Å². The van der Waals surface area contributed by atoms with Gasteiger partial charge >= 0.3 is 0 Å². The topological polar surface area (TPSA) is 54.4 Å². The van der Waals surface area contributed by atoms with E-state index in [1.165, 1.54) is 13.8 Å². The average molecular weight is 234 g/mol. The summed E-state index contributed by atoms with van der Waals surface area (Å²) < 4.78 is 0. The molecule has 0 saturated carbocycles. The zero-order valence-corrected chi connectivity index (χ0v) is 10.3. The van der Waals surface area contributed by atoms with Gasteiger partial charge in [-0.05, 0) is 25.8 Å². The first-order valence-electron chi connectivity index (χ1n) is 5.71. The van der Waals surface area contributed by atoms with E-state index in [1.54, 1.807) is 0 Å². The lowest BCUT2D eigenvalue weighted by Crippen LogP contribution is -2.39. The molecule has 3 nitrogen and oxygen atoms in total. The van der Waals surface area contributed by atoms with Crippen LogP contribution in [0.25, 0.3) is 0 Å². The molecule has 1 aromatic carbocycles. The van der Waals surface area contributed by atoms with Crippen molar-refractivity contribution in [3.05, 3.63) is 35.9 Å². The molecule has 0 amide bonds. The number of carbonyl (C=O) groups is 2. The van der Waals surface area contributed by atoms with Crippen molar-refractivity contribution in [3.63, 3.8) is 0 Å². The highest BCUT2D eigenvalue weighted by molar-refractivity contribution is 5.86. The molecule has 1 N–H and O–H groups in total. The molecule has 1 unspecified atom stereocenters. The smallest absolute Gasteiger partial charge is 0.161 e. The van der Waals surface area contributed by atoms with E-state index >= 15 is 0 Å². The predicted molar refractivity (Wildman–Crippen MR) is 65.7 cm³/mol. The molecule has 0 fully saturated rings. The Morgan fingerprint density at radius 1 is 1.18 bits per heavy atom. The minimum Gasteiger partial charge on any atom is -0.382 e. The molecule has 0 aliphatic heterocycles. The molecule has 17 heavy (non-hydrogen) atoms. The lowest BCUT2D eigenvalue weighted by Gasteiger charge is -2.25. The van der Waals surface area contributed by atoms with Crippen LogP contribution in [0.5, 0.6) is 0 Å². The molecule has 0 saturated heterocycles. The Balaban J connectivity index is 2.78. The quantitative estimate of drug-likeness (QED) is 0.818. The van der Waals surface area contributed by atoms with Gasteiger partial charge in [-0.25, -0.2) is 0 Å². The summed E-state index contributed by atoms with van der Waals surface area (Å²) in [5, 5.41) is 10.3. The molecule has 0 spiro atoms. The number of aliphatic hydroxyl groups is 1. The second-order valence-electron chi connectivity index (χ2n) is 4.45. The van der Waals surface area contributed by atoms with E-state index in [0.29, 0.717) is 0 Å². The van der Waals surface area contributed by atoms with E-state index in [1.807, 2.05) is 30.3 Å². The molecule has 0 aromatic heterocycles. The molecule has 1 atom stereocenters. The number of hydrogen-bond acceptors (Lipinski definition) is 3. The van der Waals surface area contributed by atoms with Crippen molar-refractivity contribution in [3.8, 4) is 0 Å². The highest BCUT2D eigenvalue weighted by atomic mass is 16.3.